The Bertz CT molecular complexity index is 945. The molecular weight excluding hydrogens is 344 g/mol. The number of nitrogens with zero attached hydrogens (tertiary/aromatic N) is 2. The van der Waals surface area contributed by atoms with Gasteiger partial charge in [-0.2, -0.15) is 0 Å². The monoisotopic (exact) mass is 364 g/mol. The summed E-state index contributed by atoms with van der Waals surface area (Å²) in [6.45, 7) is 1.81. The van der Waals surface area contributed by atoms with E-state index in [1.807, 2.05) is 36.4 Å². The van der Waals surface area contributed by atoms with E-state index in [-0.39, 0.29) is 11.6 Å². The van der Waals surface area contributed by atoms with Crippen molar-refractivity contribution in [3.63, 3.8) is 0 Å². The summed E-state index contributed by atoms with van der Waals surface area (Å²) in [5.41, 5.74) is 2.36. The number of para-hydroxylation sites is 1. The first-order chi connectivity index (χ1) is 13.1. The summed E-state index contributed by atoms with van der Waals surface area (Å²) in [5, 5.41) is 5.91. The lowest BCUT2D eigenvalue weighted by Gasteiger charge is -2.11. The molecular formula is C20H20N4O3. The van der Waals surface area contributed by atoms with Crippen LogP contribution >= 0.6 is 0 Å². The molecule has 1 heterocycles. The summed E-state index contributed by atoms with van der Waals surface area (Å²) in [5.74, 6) is 1.22. The second-order valence-corrected chi connectivity index (χ2v) is 5.73. The minimum absolute atomic E-state index is 0.273. The maximum Gasteiger partial charge on any atom is 0.274 e. The number of carbonyl (C=O) groups excluding carboxylic acids is 1. The second kappa shape index (κ2) is 8.18. The summed E-state index contributed by atoms with van der Waals surface area (Å²) in [4.78, 5) is 21.1. The number of hydrogen-bond donors (Lipinski definition) is 2. The number of benzene rings is 2. The number of methoxy groups -OCH3 is 2. The zero-order chi connectivity index (χ0) is 19.2. The molecule has 0 spiro atoms. The lowest BCUT2D eigenvalue weighted by Crippen LogP contribution is -2.15. The quantitative estimate of drug-likeness (QED) is 0.692. The SMILES string of the molecule is COc1ccc(Nc2nc(C)cc(C(=O)Nc3ccccc3)n2)cc1OC. The van der Waals surface area contributed by atoms with Gasteiger partial charge in [0.05, 0.1) is 14.2 Å². The molecule has 3 aromatic rings. The van der Waals surface area contributed by atoms with Crippen LogP contribution in [0.25, 0.3) is 0 Å². The first-order valence-corrected chi connectivity index (χ1v) is 8.30. The molecule has 0 saturated carbocycles. The van der Waals surface area contributed by atoms with Crippen molar-refractivity contribution in [3.05, 3.63) is 66.0 Å². The molecule has 0 aliphatic carbocycles. The Hall–Kier alpha value is -3.61. The zero-order valence-electron chi connectivity index (χ0n) is 15.3. The van der Waals surface area contributed by atoms with Gasteiger partial charge in [0.15, 0.2) is 11.5 Å². The molecule has 0 bridgehead atoms. The van der Waals surface area contributed by atoms with Gasteiger partial charge in [0, 0.05) is 23.1 Å². The topological polar surface area (TPSA) is 85.4 Å². The smallest absolute Gasteiger partial charge is 0.274 e. The highest BCUT2D eigenvalue weighted by molar-refractivity contribution is 6.03. The summed E-state index contributed by atoms with van der Waals surface area (Å²) in [7, 11) is 3.14. The summed E-state index contributed by atoms with van der Waals surface area (Å²) in [6.07, 6.45) is 0. The van der Waals surface area contributed by atoms with Crippen LogP contribution in [0.5, 0.6) is 11.5 Å². The van der Waals surface area contributed by atoms with Crippen molar-refractivity contribution in [2.45, 2.75) is 6.92 Å². The molecule has 0 aliphatic rings. The van der Waals surface area contributed by atoms with E-state index in [0.717, 1.165) is 0 Å². The number of hydrogen-bond acceptors (Lipinski definition) is 6. The molecule has 0 aliphatic heterocycles. The fourth-order valence-corrected chi connectivity index (χ4v) is 2.50. The highest BCUT2D eigenvalue weighted by Gasteiger charge is 2.12. The fourth-order valence-electron chi connectivity index (χ4n) is 2.50. The minimum Gasteiger partial charge on any atom is -0.493 e. The van der Waals surface area contributed by atoms with Gasteiger partial charge in [-0.1, -0.05) is 18.2 Å². The molecule has 0 radical (unpaired) electrons. The third kappa shape index (κ3) is 4.52. The molecule has 1 amide bonds. The highest BCUT2D eigenvalue weighted by atomic mass is 16.5. The van der Waals surface area contributed by atoms with Crippen LogP contribution in [0.1, 0.15) is 16.2 Å². The van der Waals surface area contributed by atoms with E-state index in [0.29, 0.717) is 34.5 Å². The average Bonchev–Trinajstić information content (AvgIpc) is 2.68. The van der Waals surface area contributed by atoms with Gasteiger partial charge in [-0.3, -0.25) is 4.79 Å². The number of ether oxygens (including phenoxy) is 2. The summed E-state index contributed by atoms with van der Waals surface area (Å²) < 4.78 is 10.5. The van der Waals surface area contributed by atoms with Crippen LogP contribution in [-0.4, -0.2) is 30.1 Å². The number of aryl methyl sites for hydroxylation is 1. The fraction of sp³-hybridized carbons (Fsp3) is 0.150. The standard InChI is InChI=1S/C20H20N4O3/c1-13-11-16(19(25)22-14-7-5-4-6-8-14)24-20(21-13)23-15-9-10-17(26-2)18(12-15)27-3/h4-12H,1-3H3,(H,22,25)(H,21,23,24). The van der Waals surface area contributed by atoms with Crippen LogP contribution in [0.2, 0.25) is 0 Å². The number of amides is 1. The number of aromatic nitrogens is 2. The van der Waals surface area contributed by atoms with E-state index >= 15 is 0 Å². The maximum atomic E-state index is 12.5. The third-order valence-corrected chi connectivity index (χ3v) is 3.76. The predicted molar refractivity (Wildman–Crippen MR) is 104 cm³/mol. The molecule has 7 nitrogen and oxygen atoms in total. The number of rotatable bonds is 6. The van der Waals surface area contributed by atoms with E-state index in [4.69, 9.17) is 9.47 Å². The van der Waals surface area contributed by atoms with E-state index in [9.17, 15) is 4.79 Å². The van der Waals surface area contributed by atoms with Gasteiger partial charge in [-0.15, -0.1) is 0 Å². The highest BCUT2D eigenvalue weighted by Crippen LogP contribution is 2.30. The van der Waals surface area contributed by atoms with Crippen molar-refractivity contribution in [2.75, 3.05) is 24.9 Å². The van der Waals surface area contributed by atoms with Crippen molar-refractivity contribution in [2.24, 2.45) is 0 Å². The Kier molecular flexibility index (Phi) is 5.51. The molecule has 7 heteroatoms. The summed E-state index contributed by atoms with van der Waals surface area (Å²) in [6, 6.07) is 16.2. The Morgan fingerprint density at radius 1 is 0.889 bits per heavy atom. The lowest BCUT2D eigenvalue weighted by atomic mass is 10.2. The van der Waals surface area contributed by atoms with Gasteiger partial charge in [0.2, 0.25) is 5.95 Å². The van der Waals surface area contributed by atoms with Gasteiger partial charge in [-0.25, -0.2) is 9.97 Å². The maximum absolute atomic E-state index is 12.5. The van der Waals surface area contributed by atoms with Crippen LogP contribution < -0.4 is 20.1 Å². The van der Waals surface area contributed by atoms with Crippen molar-refractivity contribution in [1.82, 2.24) is 9.97 Å². The molecule has 0 unspecified atom stereocenters. The Morgan fingerprint density at radius 3 is 2.33 bits per heavy atom. The zero-order valence-corrected chi connectivity index (χ0v) is 15.3. The van der Waals surface area contributed by atoms with Crippen molar-refractivity contribution >= 4 is 23.2 Å². The number of carbonyl (C=O) groups is 1. The molecule has 138 valence electrons. The van der Waals surface area contributed by atoms with Gasteiger partial charge >= 0.3 is 0 Å². The lowest BCUT2D eigenvalue weighted by molar-refractivity contribution is 0.102. The van der Waals surface area contributed by atoms with Gasteiger partial charge in [0.1, 0.15) is 5.69 Å². The first-order valence-electron chi connectivity index (χ1n) is 8.30. The molecule has 1 aromatic heterocycles. The Morgan fingerprint density at radius 2 is 1.63 bits per heavy atom. The van der Waals surface area contributed by atoms with Crippen LogP contribution in [0.3, 0.4) is 0 Å². The van der Waals surface area contributed by atoms with Crippen molar-refractivity contribution in [1.29, 1.82) is 0 Å². The van der Waals surface area contributed by atoms with E-state index in [1.54, 1.807) is 39.3 Å². The average molecular weight is 364 g/mol. The third-order valence-electron chi connectivity index (χ3n) is 3.76. The van der Waals surface area contributed by atoms with E-state index in [1.165, 1.54) is 0 Å². The molecule has 0 atom stereocenters. The van der Waals surface area contributed by atoms with Crippen LogP contribution in [-0.2, 0) is 0 Å². The molecule has 3 rings (SSSR count). The van der Waals surface area contributed by atoms with Gasteiger partial charge in [-0.05, 0) is 37.3 Å². The largest absolute Gasteiger partial charge is 0.493 e. The van der Waals surface area contributed by atoms with Crippen LogP contribution in [0, 0.1) is 6.92 Å². The minimum atomic E-state index is -0.304. The van der Waals surface area contributed by atoms with E-state index in [2.05, 4.69) is 20.6 Å². The van der Waals surface area contributed by atoms with Crippen molar-refractivity contribution < 1.29 is 14.3 Å². The Balaban J connectivity index is 1.82. The second-order valence-electron chi connectivity index (χ2n) is 5.73. The van der Waals surface area contributed by atoms with Crippen LogP contribution in [0.4, 0.5) is 17.3 Å². The van der Waals surface area contributed by atoms with Crippen molar-refractivity contribution in [3.8, 4) is 11.5 Å². The first kappa shape index (κ1) is 18.2. The molecule has 0 fully saturated rings. The number of anilines is 3. The molecule has 2 aromatic carbocycles. The van der Waals surface area contributed by atoms with Crippen LogP contribution in [0.15, 0.2) is 54.6 Å². The molecule has 2 N–H and O–H groups in total. The molecule has 0 saturated heterocycles. The van der Waals surface area contributed by atoms with Gasteiger partial charge in [0.25, 0.3) is 5.91 Å². The normalized spacial score (nSPS) is 10.2. The van der Waals surface area contributed by atoms with E-state index < -0.39 is 0 Å². The van der Waals surface area contributed by atoms with Gasteiger partial charge < -0.3 is 20.1 Å². The predicted octanol–water partition coefficient (Wildman–Crippen LogP) is 3.80. The summed E-state index contributed by atoms with van der Waals surface area (Å²) >= 11 is 0. The number of nitrogens with one attached hydrogen (secondary N) is 2. The Labute approximate surface area is 157 Å². The molecule has 27 heavy (non-hydrogen) atoms.